The van der Waals surface area contributed by atoms with Crippen molar-refractivity contribution in [2.75, 3.05) is 26.8 Å². The van der Waals surface area contributed by atoms with Gasteiger partial charge in [-0.15, -0.1) is 11.3 Å². The molecule has 2 atom stereocenters. The summed E-state index contributed by atoms with van der Waals surface area (Å²) in [5, 5.41) is 13.9. The number of methoxy groups -OCH3 is 1. The largest absolute Gasteiger partial charge is 0.465 e. The van der Waals surface area contributed by atoms with Crippen molar-refractivity contribution in [3.05, 3.63) is 21.9 Å². The summed E-state index contributed by atoms with van der Waals surface area (Å²) in [4.78, 5) is 27.2. The van der Waals surface area contributed by atoms with E-state index >= 15 is 0 Å². The number of piperidine rings is 1. The van der Waals surface area contributed by atoms with E-state index in [-0.39, 0.29) is 11.9 Å². The number of carbonyl (C=O) groups is 2. The number of carbonyl (C=O) groups excluding carboxylic acids is 2. The zero-order valence-corrected chi connectivity index (χ0v) is 16.9. The second-order valence-electron chi connectivity index (χ2n) is 7.70. The lowest BCUT2D eigenvalue weighted by Crippen LogP contribution is -2.69. The standard InChI is InChI=1S/C19H28N2O5S/c1-13(22)20-18(2)8-11-26-19(17(18)24)6-9-21(10-7-19)12-14-4-5-15(27-14)16(23)25-3/h4-5,17,24H,6-12H2,1-3H3,(H,20,22)/t17-,18+/m1/s1. The number of likely N-dealkylation sites (tertiary alicyclic amines) is 1. The minimum atomic E-state index is -0.738. The van der Waals surface area contributed by atoms with Gasteiger partial charge in [0, 0.05) is 38.0 Å². The molecule has 150 valence electrons. The van der Waals surface area contributed by atoms with Gasteiger partial charge in [-0.25, -0.2) is 4.79 Å². The minimum Gasteiger partial charge on any atom is -0.465 e. The molecule has 2 saturated heterocycles. The highest BCUT2D eigenvalue weighted by Gasteiger charge is 2.53. The van der Waals surface area contributed by atoms with Crippen LogP contribution in [0.4, 0.5) is 0 Å². The third kappa shape index (κ3) is 4.18. The van der Waals surface area contributed by atoms with Gasteiger partial charge in [-0.3, -0.25) is 9.69 Å². The first kappa shape index (κ1) is 20.3. The fourth-order valence-corrected chi connectivity index (χ4v) is 5.16. The second kappa shape index (κ2) is 7.87. The number of nitrogens with one attached hydrogen (secondary N) is 1. The van der Waals surface area contributed by atoms with E-state index in [1.165, 1.54) is 25.4 Å². The van der Waals surface area contributed by atoms with Crippen molar-refractivity contribution in [2.45, 2.75) is 56.9 Å². The van der Waals surface area contributed by atoms with Crippen molar-refractivity contribution in [3.63, 3.8) is 0 Å². The van der Waals surface area contributed by atoms with Gasteiger partial charge < -0.3 is 19.9 Å². The highest BCUT2D eigenvalue weighted by Crippen LogP contribution is 2.40. The predicted octanol–water partition coefficient (Wildman–Crippen LogP) is 1.55. The molecule has 7 nitrogen and oxygen atoms in total. The molecule has 1 amide bonds. The molecular formula is C19H28N2O5S. The maximum atomic E-state index is 11.6. The van der Waals surface area contributed by atoms with E-state index in [1.54, 1.807) is 6.07 Å². The third-order valence-electron chi connectivity index (χ3n) is 5.70. The number of amides is 1. The minimum absolute atomic E-state index is 0.134. The summed E-state index contributed by atoms with van der Waals surface area (Å²) in [7, 11) is 1.38. The Morgan fingerprint density at radius 1 is 1.37 bits per heavy atom. The van der Waals surface area contributed by atoms with Crippen LogP contribution < -0.4 is 5.32 Å². The van der Waals surface area contributed by atoms with Gasteiger partial charge >= 0.3 is 5.97 Å². The van der Waals surface area contributed by atoms with E-state index in [4.69, 9.17) is 9.47 Å². The van der Waals surface area contributed by atoms with E-state index in [9.17, 15) is 14.7 Å². The molecule has 0 aliphatic carbocycles. The molecule has 2 aliphatic heterocycles. The molecule has 1 aromatic heterocycles. The summed E-state index contributed by atoms with van der Waals surface area (Å²) in [6.07, 6.45) is 1.28. The molecule has 3 rings (SSSR count). The molecule has 27 heavy (non-hydrogen) atoms. The van der Waals surface area contributed by atoms with Crippen molar-refractivity contribution in [3.8, 4) is 0 Å². The second-order valence-corrected chi connectivity index (χ2v) is 8.87. The van der Waals surface area contributed by atoms with Gasteiger partial charge in [-0.05, 0) is 38.3 Å². The highest BCUT2D eigenvalue weighted by molar-refractivity contribution is 7.13. The van der Waals surface area contributed by atoms with Gasteiger partial charge in [0.05, 0.1) is 18.2 Å². The van der Waals surface area contributed by atoms with Gasteiger partial charge in [0.1, 0.15) is 11.0 Å². The van der Waals surface area contributed by atoms with Crippen molar-refractivity contribution >= 4 is 23.2 Å². The highest BCUT2D eigenvalue weighted by atomic mass is 32.1. The molecule has 1 aromatic rings. The van der Waals surface area contributed by atoms with Crippen molar-refractivity contribution in [2.24, 2.45) is 0 Å². The van der Waals surface area contributed by atoms with Crippen LogP contribution in [0.15, 0.2) is 12.1 Å². The summed E-state index contributed by atoms with van der Waals surface area (Å²) in [6, 6.07) is 3.76. The number of aliphatic hydroxyl groups excluding tert-OH is 1. The molecule has 1 spiro atoms. The molecule has 0 unspecified atom stereocenters. The smallest absolute Gasteiger partial charge is 0.348 e. The first-order valence-electron chi connectivity index (χ1n) is 9.28. The quantitative estimate of drug-likeness (QED) is 0.751. The van der Waals surface area contributed by atoms with E-state index in [1.807, 2.05) is 13.0 Å². The summed E-state index contributed by atoms with van der Waals surface area (Å²) in [5.74, 6) is -0.440. The molecule has 2 N–H and O–H groups in total. The van der Waals surface area contributed by atoms with E-state index in [2.05, 4.69) is 10.2 Å². The average molecular weight is 397 g/mol. The number of ether oxygens (including phenoxy) is 2. The maximum Gasteiger partial charge on any atom is 0.348 e. The Labute approximate surface area is 163 Å². The Morgan fingerprint density at radius 2 is 2.07 bits per heavy atom. The van der Waals surface area contributed by atoms with Crippen molar-refractivity contribution < 1.29 is 24.2 Å². The molecule has 2 aliphatic rings. The van der Waals surface area contributed by atoms with Crippen molar-refractivity contribution in [1.29, 1.82) is 0 Å². The topological polar surface area (TPSA) is 88.1 Å². The maximum absolute atomic E-state index is 11.6. The lowest BCUT2D eigenvalue weighted by Gasteiger charge is -2.53. The summed E-state index contributed by atoms with van der Waals surface area (Å²) < 4.78 is 10.8. The van der Waals surface area contributed by atoms with Crippen LogP contribution in [-0.4, -0.2) is 65.9 Å². The Kier molecular flexibility index (Phi) is 5.90. The monoisotopic (exact) mass is 396 g/mol. The zero-order chi connectivity index (χ0) is 19.7. The molecular weight excluding hydrogens is 368 g/mol. The Balaban J connectivity index is 1.61. The lowest BCUT2D eigenvalue weighted by atomic mass is 9.73. The van der Waals surface area contributed by atoms with E-state index in [0.717, 1.165) is 24.5 Å². The first-order chi connectivity index (χ1) is 12.8. The number of hydrogen-bond donors (Lipinski definition) is 2. The number of thiophene rings is 1. The van der Waals surface area contributed by atoms with Gasteiger partial charge in [-0.2, -0.15) is 0 Å². The van der Waals surface area contributed by atoms with Crippen LogP contribution in [0, 0.1) is 0 Å². The predicted molar refractivity (Wildman–Crippen MR) is 102 cm³/mol. The average Bonchev–Trinajstić information content (AvgIpc) is 3.09. The molecule has 3 heterocycles. The zero-order valence-electron chi connectivity index (χ0n) is 16.1. The van der Waals surface area contributed by atoms with Crippen LogP contribution in [0.5, 0.6) is 0 Å². The Hall–Kier alpha value is -1.48. The molecule has 0 radical (unpaired) electrons. The normalized spacial score (nSPS) is 28.1. The van der Waals surface area contributed by atoms with Gasteiger partial charge in [0.15, 0.2) is 0 Å². The van der Waals surface area contributed by atoms with Gasteiger partial charge in [0.2, 0.25) is 5.91 Å². The molecule has 0 aromatic carbocycles. The van der Waals surface area contributed by atoms with Crippen LogP contribution in [0.1, 0.15) is 47.7 Å². The molecule has 0 bridgehead atoms. The number of nitrogens with zero attached hydrogens (tertiary/aromatic N) is 1. The SMILES string of the molecule is COC(=O)c1ccc(CN2CCC3(CC2)OCC[C@](C)(NC(C)=O)[C@H]3O)s1. The summed E-state index contributed by atoms with van der Waals surface area (Å²) in [6.45, 7) is 6.25. The molecule has 0 saturated carbocycles. The fraction of sp³-hybridized carbons (Fsp3) is 0.684. The third-order valence-corrected chi connectivity index (χ3v) is 6.75. The van der Waals surface area contributed by atoms with Gasteiger partial charge in [0.25, 0.3) is 0 Å². The number of aliphatic hydroxyl groups is 1. The van der Waals surface area contributed by atoms with Crippen LogP contribution in [-0.2, 0) is 20.8 Å². The number of rotatable bonds is 4. The summed E-state index contributed by atoms with van der Waals surface area (Å²) in [5.41, 5.74) is -1.27. The Bertz CT molecular complexity index is 698. The van der Waals surface area contributed by atoms with Crippen molar-refractivity contribution in [1.82, 2.24) is 10.2 Å². The molecule has 8 heteroatoms. The summed E-state index contributed by atoms with van der Waals surface area (Å²) >= 11 is 1.45. The first-order valence-corrected chi connectivity index (χ1v) is 10.1. The fourth-order valence-electron chi connectivity index (χ4n) is 4.20. The van der Waals surface area contributed by atoms with Crippen LogP contribution in [0.3, 0.4) is 0 Å². The van der Waals surface area contributed by atoms with Crippen LogP contribution in [0.2, 0.25) is 0 Å². The molecule has 2 fully saturated rings. The lowest BCUT2D eigenvalue weighted by molar-refractivity contribution is -0.208. The van der Waals surface area contributed by atoms with Gasteiger partial charge in [-0.1, -0.05) is 0 Å². The van der Waals surface area contributed by atoms with Crippen LogP contribution >= 0.6 is 11.3 Å². The number of hydrogen-bond acceptors (Lipinski definition) is 7. The Morgan fingerprint density at radius 3 is 2.70 bits per heavy atom. The number of esters is 1. The van der Waals surface area contributed by atoms with Crippen LogP contribution in [0.25, 0.3) is 0 Å². The van der Waals surface area contributed by atoms with E-state index in [0.29, 0.717) is 30.7 Å². The van der Waals surface area contributed by atoms with E-state index < -0.39 is 17.2 Å².